The number of nitrogens with zero attached hydrogens (tertiary/aromatic N) is 1. The molecule has 0 spiro atoms. The van der Waals surface area contributed by atoms with Gasteiger partial charge in [-0.2, -0.15) is 0 Å². The molecule has 0 saturated heterocycles. The van der Waals surface area contributed by atoms with Gasteiger partial charge in [-0.25, -0.2) is 0 Å². The third-order valence-corrected chi connectivity index (χ3v) is 0. The monoisotopic (exact) mass is 227 g/mol. The van der Waals surface area contributed by atoms with Crippen LogP contribution in [0.5, 0.6) is 0 Å². The Morgan fingerprint density at radius 2 is 1.17 bits per heavy atom. The number of phosphoric acid groups is 1. The van der Waals surface area contributed by atoms with Gasteiger partial charge in [0.05, 0.1) is 28.2 Å². The summed E-state index contributed by atoms with van der Waals surface area (Å²) in [5.41, 5.74) is 0. The SMILES string of the molecule is C[N+](C)(C)C.O=P([O-])(O)O.[K+].[OH-]. The molecular formula is C4H15KNO5P. The Hall–Kier alpha value is 1.67. The minimum Gasteiger partial charge on any atom is -0.870 e. The quantitative estimate of drug-likeness (QED) is 0.246. The number of hydrogen-bond acceptors (Lipinski definition) is 3. The van der Waals surface area contributed by atoms with E-state index in [0.717, 1.165) is 4.48 Å². The summed E-state index contributed by atoms with van der Waals surface area (Å²) < 4.78 is 9.77. The van der Waals surface area contributed by atoms with Crippen LogP contribution in [-0.4, -0.2) is 47.9 Å². The molecule has 8 heteroatoms. The Labute approximate surface area is 115 Å². The molecule has 0 fully saturated rings. The van der Waals surface area contributed by atoms with E-state index in [1.807, 2.05) is 0 Å². The maximum Gasteiger partial charge on any atom is 1.00 e. The van der Waals surface area contributed by atoms with E-state index in [2.05, 4.69) is 28.2 Å². The number of quaternary nitrogens is 1. The van der Waals surface area contributed by atoms with E-state index in [-0.39, 0.29) is 56.9 Å². The molecule has 0 aromatic carbocycles. The number of rotatable bonds is 0. The van der Waals surface area contributed by atoms with E-state index in [0.29, 0.717) is 0 Å². The van der Waals surface area contributed by atoms with Gasteiger partial charge in [-0.05, 0) is 0 Å². The molecule has 3 N–H and O–H groups in total. The van der Waals surface area contributed by atoms with Crippen molar-refractivity contribution in [2.75, 3.05) is 28.2 Å². The van der Waals surface area contributed by atoms with Crippen molar-refractivity contribution in [3.05, 3.63) is 0 Å². The van der Waals surface area contributed by atoms with E-state index in [4.69, 9.17) is 19.2 Å². The predicted molar refractivity (Wildman–Crippen MR) is 37.9 cm³/mol. The summed E-state index contributed by atoms with van der Waals surface area (Å²) in [6, 6.07) is 0. The topological polar surface area (TPSA) is 111 Å². The largest absolute Gasteiger partial charge is 1.00 e. The smallest absolute Gasteiger partial charge is 0.870 e. The zero-order valence-corrected chi connectivity index (χ0v) is 12.1. The van der Waals surface area contributed by atoms with Crippen LogP contribution in [0.1, 0.15) is 0 Å². The van der Waals surface area contributed by atoms with Gasteiger partial charge in [-0.1, -0.05) is 0 Å². The third kappa shape index (κ3) is 478. The fraction of sp³-hybridized carbons (Fsp3) is 1.00. The second-order valence-corrected chi connectivity index (χ2v) is 4.16. The van der Waals surface area contributed by atoms with E-state index in [1.54, 1.807) is 0 Å². The van der Waals surface area contributed by atoms with Crippen LogP contribution in [-0.2, 0) is 4.57 Å². The molecule has 0 radical (unpaired) electrons. The van der Waals surface area contributed by atoms with Gasteiger partial charge in [0.25, 0.3) is 7.82 Å². The Bertz CT molecular complexity index is 116. The summed E-state index contributed by atoms with van der Waals surface area (Å²) in [4.78, 5) is 22.9. The summed E-state index contributed by atoms with van der Waals surface area (Å²) in [7, 11) is 3.61. The summed E-state index contributed by atoms with van der Waals surface area (Å²) >= 11 is 0. The zero-order valence-electron chi connectivity index (χ0n) is 8.05. The molecule has 6 nitrogen and oxygen atoms in total. The molecule has 0 unspecified atom stereocenters. The molecule has 0 saturated carbocycles. The number of hydrogen-bond donors (Lipinski definition) is 2. The Kier molecular flexibility index (Phi) is 18.0. The van der Waals surface area contributed by atoms with Gasteiger partial charge in [0, 0.05) is 0 Å². The first-order valence-electron chi connectivity index (χ1n) is 2.55. The molecule has 0 atom stereocenters. The second kappa shape index (κ2) is 9.23. The van der Waals surface area contributed by atoms with Crippen LogP contribution in [0.4, 0.5) is 0 Å². The van der Waals surface area contributed by atoms with E-state index >= 15 is 0 Å². The normalized spacial score (nSPS) is 9.92. The average molecular weight is 227 g/mol. The summed E-state index contributed by atoms with van der Waals surface area (Å²) in [5.74, 6) is 0. The molecule has 0 aliphatic heterocycles. The van der Waals surface area contributed by atoms with E-state index in [9.17, 15) is 0 Å². The van der Waals surface area contributed by atoms with Crippen molar-refractivity contribution in [3.63, 3.8) is 0 Å². The predicted octanol–water partition coefficient (Wildman–Crippen LogP) is -4.41. The molecule has 0 aliphatic rings. The third-order valence-electron chi connectivity index (χ3n) is 0. The fourth-order valence-electron chi connectivity index (χ4n) is 0. The van der Waals surface area contributed by atoms with Gasteiger partial charge in [-0.15, -0.1) is 0 Å². The molecule has 0 bridgehead atoms. The summed E-state index contributed by atoms with van der Waals surface area (Å²) in [6.07, 6.45) is 0. The van der Waals surface area contributed by atoms with Gasteiger partial charge in [0.2, 0.25) is 0 Å². The first kappa shape index (κ1) is 23.5. The van der Waals surface area contributed by atoms with Crippen molar-refractivity contribution in [2.24, 2.45) is 0 Å². The average Bonchev–Trinajstić information content (AvgIpc) is 1.12. The van der Waals surface area contributed by atoms with Crippen molar-refractivity contribution in [1.82, 2.24) is 0 Å². The van der Waals surface area contributed by atoms with Crippen LogP contribution in [0.2, 0.25) is 0 Å². The summed E-state index contributed by atoms with van der Waals surface area (Å²) in [6.45, 7) is 0. The Morgan fingerprint density at radius 3 is 1.17 bits per heavy atom. The molecule has 0 amide bonds. The van der Waals surface area contributed by atoms with E-state index in [1.165, 1.54) is 0 Å². The Balaban J connectivity index is -0.0000000457. The molecule has 72 valence electrons. The zero-order chi connectivity index (χ0) is 9.00. The maximum absolute atomic E-state index is 8.77. The van der Waals surface area contributed by atoms with Crippen LogP contribution in [0.15, 0.2) is 0 Å². The van der Waals surface area contributed by atoms with Gasteiger partial charge in [0.1, 0.15) is 0 Å². The molecule has 0 heterocycles. The maximum atomic E-state index is 8.77. The molecule has 0 aliphatic carbocycles. The van der Waals surface area contributed by atoms with Crippen LogP contribution < -0.4 is 56.3 Å². The van der Waals surface area contributed by atoms with Crippen molar-refractivity contribution < 1.29 is 80.6 Å². The molecule has 0 rings (SSSR count). The van der Waals surface area contributed by atoms with Crippen molar-refractivity contribution in [3.8, 4) is 0 Å². The molecular weight excluding hydrogens is 212 g/mol. The first-order chi connectivity index (χ1) is 4.00. The van der Waals surface area contributed by atoms with Crippen molar-refractivity contribution in [2.45, 2.75) is 0 Å². The second-order valence-electron chi connectivity index (χ2n) is 3.17. The van der Waals surface area contributed by atoms with Crippen LogP contribution in [0, 0.1) is 0 Å². The molecule has 0 aromatic heterocycles. The standard InChI is InChI=1S/C4H12N.K.H3O4P.H2O/c1-5(2,3)4;;1-5(2,3)4;/h1-4H3;;(H3,1,2,3,4);1H2/q2*+1;;/p-2. The molecule has 12 heavy (non-hydrogen) atoms. The van der Waals surface area contributed by atoms with Gasteiger partial charge < -0.3 is 24.6 Å². The van der Waals surface area contributed by atoms with Crippen LogP contribution in [0.25, 0.3) is 0 Å². The summed E-state index contributed by atoms with van der Waals surface area (Å²) in [5, 5.41) is 0. The van der Waals surface area contributed by atoms with E-state index < -0.39 is 7.82 Å². The minimum absolute atomic E-state index is 0. The Morgan fingerprint density at radius 1 is 1.17 bits per heavy atom. The molecule has 0 aromatic rings. The van der Waals surface area contributed by atoms with Gasteiger partial charge >= 0.3 is 51.4 Å². The minimum atomic E-state index is -4.89. The fourth-order valence-corrected chi connectivity index (χ4v) is 0. The van der Waals surface area contributed by atoms with Crippen LogP contribution >= 0.6 is 7.82 Å². The first-order valence-corrected chi connectivity index (χ1v) is 4.08. The van der Waals surface area contributed by atoms with Gasteiger partial charge in [-0.3, -0.25) is 4.57 Å². The van der Waals surface area contributed by atoms with Gasteiger partial charge in [0.15, 0.2) is 0 Å². The van der Waals surface area contributed by atoms with Crippen molar-refractivity contribution >= 4 is 7.82 Å². The van der Waals surface area contributed by atoms with Crippen LogP contribution in [0.3, 0.4) is 0 Å². The van der Waals surface area contributed by atoms with Crippen molar-refractivity contribution in [1.29, 1.82) is 0 Å².